The third-order valence-corrected chi connectivity index (χ3v) is 5.43. The largest absolute Gasteiger partial charge is 0.495 e. The molecule has 106 valence electrons. The van der Waals surface area contributed by atoms with Crippen molar-refractivity contribution >= 4 is 15.7 Å². The first-order valence-corrected chi connectivity index (χ1v) is 7.88. The quantitative estimate of drug-likeness (QED) is 0.809. The molecule has 0 bridgehead atoms. The van der Waals surface area contributed by atoms with Gasteiger partial charge in [-0.1, -0.05) is 6.92 Å². The van der Waals surface area contributed by atoms with E-state index in [1.54, 1.807) is 6.07 Å². The summed E-state index contributed by atoms with van der Waals surface area (Å²) in [4.78, 5) is 0.143. The Morgan fingerprint density at radius 1 is 1.42 bits per heavy atom. The Bertz CT molecular complexity index is 560. The molecule has 1 aromatic rings. The molecule has 0 aromatic heterocycles. The standard InChI is InChI=1S/C13H20N2O3S/c1-3-13(7-4-8-13)15-19(16,17)12-6-5-10(14)9-11(12)18-2/h5-6,9,15H,3-4,7-8,14H2,1-2H3. The Morgan fingerprint density at radius 3 is 2.58 bits per heavy atom. The smallest absolute Gasteiger partial charge is 0.244 e. The second-order valence-corrected chi connectivity index (χ2v) is 6.65. The highest BCUT2D eigenvalue weighted by Gasteiger charge is 2.39. The van der Waals surface area contributed by atoms with Gasteiger partial charge in [-0.05, 0) is 37.8 Å². The molecule has 6 heteroatoms. The number of nitrogens with one attached hydrogen (secondary N) is 1. The van der Waals surface area contributed by atoms with E-state index in [4.69, 9.17) is 10.5 Å². The van der Waals surface area contributed by atoms with Crippen molar-refractivity contribution in [2.45, 2.75) is 43.0 Å². The number of nitrogen functional groups attached to an aromatic ring is 1. The Balaban J connectivity index is 2.34. The monoisotopic (exact) mass is 284 g/mol. The van der Waals surface area contributed by atoms with Crippen LogP contribution in [0, 0.1) is 0 Å². The van der Waals surface area contributed by atoms with Crippen LogP contribution in [0.15, 0.2) is 23.1 Å². The van der Waals surface area contributed by atoms with Crippen LogP contribution >= 0.6 is 0 Å². The number of rotatable bonds is 5. The van der Waals surface area contributed by atoms with Crippen molar-refractivity contribution in [2.24, 2.45) is 0 Å². The van der Waals surface area contributed by atoms with E-state index in [9.17, 15) is 8.42 Å². The number of sulfonamides is 1. The van der Waals surface area contributed by atoms with E-state index in [0.29, 0.717) is 5.69 Å². The van der Waals surface area contributed by atoms with Gasteiger partial charge in [-0.25, -0.2) is 13.1 Å². The number of ether oxygens (including phenoxy) is 1. The highest BCUT2D eigenvalue weighted by Crippen LogP contribution is 2.37. The molecule has 0 spiro atoms. The molecule has 1 saturated carbocycles. The van der Waals surface area contributed by atoms with Gasteiger partial charge in [0.15, 0.2) is 0 Å². The molecular weight excluding hydrogens is 264 g/mol. The zero-order valence-electron chi connectivity index (χ0n) is 11.3. The molecule has 0 amide bonds. The van der Waals surface area contributed by atoms with Crippen LogP contribution in [-0.4, -0.2) is 21.1 Å². The molecule has 2 rings (SSSR count). The molecule has 0 heterocycles. The lowest BCUT2D eigenvalue weighted by Crippen LogP contribution is -2.52. The fourth-order valence-electron chi connectivity index (χ4n) is 2.38. The van der Waals surface area contributed by atoms with Crippen LogP contribution in [0.4, 0.5) is 5.69 Å². The van der Waals surface area contributed by atoms with E-state index in [0.717, 1.165) is 25.7 Å². The van der Waals surface area contributed by atoms with Crippen LogP contribution in [-0.2, 0) is 10.0 Å². The molecule has 0 aliphatic heterocycles. The van der Waals surface area contributed by atoms with Crippen molar-refractivity contribution in [2.75, 3.05) is 12.8 Å². The number of anilines is 1. The Morgan fingerprint density at radius 2 is 2.11 bits per heavy atom. The third-order valence-electron chi connectivity index (χ3n) is 3.82. The lowest BCUT2D eigenvalue weighted by molar-refractivity contribution is 0.213. The van der Waals surface area contributed by atoms with Gasteiger partial charge in [0.25, 0.3) is 0 Å². The van der Waals surface area contributed by atoms with Gasteiger partial charge in [0, 0.05) is 17.3 Å². The molecule has 1 aliphatic carbocycles. The third kappa shape index (κ3) is 2.69. The predicted molar refractivity (Wildman–Crippen MR) is 74.6 cm³/mol. The fourth-order valence-corrected chi connectivity index (χ4v) is 4.06. The molecule has 3 N–H and O–H groups in total. The molecule has 5 nitrogen and oxygen atoms in total. The minimum Gasteiger partial charge on any atom is -0.495 e. The van der Waals surface area contributed by atoms with Crippen molar-refractivity contribution < 1.29 is 13.2 Å². The lowest BCUT2D eigenvalue weighted by Gasteiger charge is -2.41. The number of hydrogen-bond donors (Lipinski definition) is 2. The van der Waals surface area contributed by atoms with Crippen LogP contribution in [0.2, 0.25) is 0 Å². The topological polar surface area (TPSA) is 81.4 Å². The van der Waals surface area contributed by atoms with Gasteiger partial charge in [-0.2, -0.15) is 0 Å². The van der Waals surface area contributed by atoms with E-state index >= 15 is 0 Å². The van der Waals surface area contributed by atoms with Crippen molar-refractivity contribution in [1.29, 1.82) is 0 Å². The molecule has 0 unspecified atom stereocenters. The van der Waals surface area contributed by atoms with Crippen LogP contribution in [0.5, 0.6) is 5.75 Å². The SMILES string of the molecule is CCC1(NS(=O)(=O)c2ccc(N)cc2OC)CCC1. The molecule has 1 fully saturated rings. The van der Waals surface area contributed by atoms with Crippen LogP contribution in [0.1, 0.15) is 32.6 Å². The van der Waals surface area contributed by atoms with E-state index < -0.39 is 10.0 Å². The van der Waals surface area contributed by atoms with Gasteiger partial charge in [-0.3, -0.25) is 0 Å². The normalized spacial score (nSPS) is 17.8. The first-order valence-electron chi connectivity index (χ1n) is 6.40. The maximum absolute atomic E-state index is 12.5. The van der Waals surface area contributed by atoms with Crippen molar-refractivity contribution in [1.82, 2.24) is 4.72 Å². The van der Waals surface area contributed by atoms with Gasteiger partial charge >= 0.3 is 0 Å². The minimum absolute atomic E-state index is 0.143. The Labute approximate surface area is 114 Å². The summed E-state index contributed by atoms with van der Waals surface area (Å²) in [6.07, 6.45) is 3.64. The van der Waals surface area contributed by atoms with Crippen LogP contribution in [0.3, 0.4) is 0 Å². The zero-order chi connectivity index (χ0) is 14.1. The number of benzene rings is 1. The molecule has 0 saturated heterocycles. The first kappa shape index (κ1) is 14.1. The molecule has 1 aromatic carbocycles. The number of nitrogens with two attached hydrogens (primary N) is 1. The van der Waals surface area contributed by atoms with Gasteiger partial charge in [-0.15, -0.1) is 0 Å². The van der Waals surface area contributed by atoms with E-state index in [2.05, 4.69) is 4.72 Å². The molecule has 1 aliphatic rings. The second kappa shape index (κ2) is 5.02. The highest BCUT2D eigenvalue weighted by molar-refractivity contribution is 7.89. The molecule has 0 radical (unpaired) electrons. The predicted octanol–water partition coefficient (Wildman–Crippen LogP) is 1.89. The van der Waals surface area contributed by atoms with Crippen molar-refractivity contribution in [3.8, 4) is 5.75 Å². The Hall–Kier alpha value is -1.27. The number of methoxy groups -OCH3 is 1. The summed E-state index contributed by atoms with van der Waals surface area (Å²) in [6, 6.07) is 4.57. The average molecular weight is 284 g/mol. The van der Waals surface area contributed by atoms with Crippen LogP contribution < -0.4 is 15.2 Å². The number of hydrogen-bond acceptors (Lipinski definition) is 4. The van der Waals surface area contributed by atoms with Gasteiger partial charge in [0.05, 0.1) is 7.11 Å². The summed E-state index contributed by atoms with van der Waals surface area (Å²) in [5.41, 5.74) is 5.83. The summed E-state index contributed by atoms with van der Waals surface area (Å²) < 4.78 is 32.8. The molecule has 19 heavy (non-hydrogen) atoms. The van der Waals surface area contributed by atoms with E-state index in [1.807, 2.05) is 6.92 Å². The average Bonchev–Trinajstić information content (AvgIpc) is 2.33. The summed E-state index contributed by atoms with van der Waals surface area (Å²) in [5, 5.41) is 0. The van der Waals surface area contributed by atoms with E-state index in [-0.39, 0.29) is 16.2 Å². The highest BCUT2D eigenvalue weighted by atomic mass is 32.2. The van der Waals surface area contributed by atoms with Gasteiger partial charge < -0.3 is 10.5 Å². The molecule has 0 atom stereocenters. The summed E-state index contributed by atoms with van der Waals surface area (Å²) in [6.45, 7) is 2.00. The fraction of sp³-hybridized carbons (Fsp3) is 0.538. The zero-order valence-corrected chi connectivity index (χ0v) is 12.1. The van der Waals surface area contributed by atoms with Crippen molar-refractivity contribution in [3.63, 3.8) is 0 Å². The maximum Gasteiger partial charge on any atom is 0.244 e. The first-order chi connectivity index (χ1) is 8.92. The van der Waals surface area contributed by atoms with Crippen LogP contribution in [0.25, 0.3) is 0 Å². The van der Waals surface area contributed by atoms with E-state index in [1.165, 1.54) is 19.2 Å². The van der Waals surface area contributed by atoms with Gasteiger partial charge in [0.2, 0.25) is 10.0 Å². The lowest BCUT2D eigenvalue weighted by atomic mass is 9.76. The summed E-state index contributed by atoms with van der Waals surface area (Å²) in [5.74, 6) is 0.276. The molecular formula is C13H20N2O3S. The summed E-state index contributed by atoms with van der Waals surface area (Å²) >= 11 is 0. The Kier molecular flexibility index (Phi) is 3.73. The van der Waals surface area contributed by atoms with Crippen molar-refractivity contribution in [3.05, 3.63) is 18.2 Å². The second-order valence-electron chi connectivity index (χ2n) is 5.00. The summed E-state index contributed by atoms with van der Waals surface area (Å²) in [7, 11) is -2.14. The van der Waals surface area contributed by atoms with Gasteiger partial charge in [0.1, 0.15) is 10.6 Å². The maximum atomic E-state index is 12.5. The minimum atomic E-state index is -3.58.